The molecule has 0 aliphatic carbocycles. The molecule has 6 nitrogen and oxygen atoms in total. The average molecular weight is 571 g/mol. The lowest BCUT2D eigenvalue weighted by molar-refractivity contribution is 0.753. The molecule has 0 spiro atoms. The van der Waals surface area contributed by atoms with Crippen molar-refractivity contribution in [3.63, 3.8) is 0 Å². The Morgan fingerprint density at radius 2 is 0.905 bits per heavy atom. The number of hydrogen-bond donors (Lipinski definition) is 0. The Labute approximate surface area is 254 Å². The van der Waals surface area contributed by atoms with Gasteiger partial charge in [-0.25, -0.2) is 15.0 Å². The number of para-hydroxylation sites is 6. The SMILES string of the molecule is CC.CC.CCC.CCc1nc2ccccc2n1C.CCn1c(C)nc2ccccc21.Cc1nc2ccccc2n1C. The summed E-state index contributed by atoms with van der Waals surface area (Å²) in [5.41, 5.74) is 6.91. The van der Waals surface area contributed by atoms with Gasteiger partial charge in [0.15, 0.2) is 0 Å². The van der Waals surface area contributed by atoms with Crippen LogP contribution in [0.15, 0.2) is 72.8 Å². The summed E-state index contributed by atoms with van der Waals surface area (Å²) in [4.78, 5) is 13.3. The minimum atomic E-state index is 0.991. The molecule has 0 amide bonds. The van der Waals surface area contributed by atoms with Crippen LogP contribution in [0.5, 0.6) is 0 Å². The highest BCUT2D eigenvalue weighted by Gasteiger charge is 2.04. The Kier molecular flexibility index (Phi) is 16.5. The Morgan fingerprint density at radius 1 is 0.524 bits per heavy atom. The molecule has 0 saturated carbocycles. The van der Waals surface area contributed by atoms with E-state index in [9.17, 15) is 0 Å². The van der Waals surface area contributed by atoms with Crippen molar-refractivity contribution in [2.75, 3.05) is 0 Å². The van der Waals surface area contributed by atoms with Crippen molar-refractivity contribution < 1.29 is 0 Å². The topological polar surface area (TPSA) is 53.5 Å². The van der Waals surface area contributed by atoms with Crippen molar-refractivity contribution >= 4 is 33.1 Å². The van der Waals surface area contributed by atoms with Crippen LogP contribution in [-0.2, 0) is 27.1 Å². The number of rotatable bonds is 2. The first-order chi connectivity index (χ1) is 20.4. The summed E-state index contributed by atoms with van der Waals surface area (Å²) in [6.07, 6.45) is 2.24. The van der Waals surface area contributed by atoms with Gasteiger partial charge in [-0.3, -0.25) is 0 Å². The second-order valence-corrected chi connectivity index (χ2v) is 9.24. The van der Waals surface area contributed by atoms with Gasteiger partial charge in [0.05, 0.1) is 33.1 Å². The van der Waals surface area contributed by atoms with E-state index in [4.69, 9.17) is 0 Å². The molecule has 6 aromatic rings. The van der Waals surface area contributed by atoms with Gasteiger partial charge in [0.2, 0.25) is 0 Å². The highest BCUT2D eigenvalue weighted by molar-refractivity contribution is 5.77. The number of nitrogens with zero attached hydrogens (tertiary/aromatic N) is 6. The highest BCUT2D eigenvalue weighted by Crippen LogP contribution is 2.15. The zero-order valence-corrected chi connectivity index (χ0v) is 28.2. The third kappa shape index (κ3) is 9.30. The molecule has 0 saturated heterocycles. The number of benzene rings is 3. The lowest BCUT2D eigenvalue weighted by Crippen LogP contribution is -1.95. The molecule has 3 aromatic heterocycles. The van der Waals surface area contributed by atoms with Gasteiger partial charge in [-0.2, -0.15) is 0 Å². The fraction of sp³-hybridized carbons (Fsp3) is 0.417. The highest BCUT2D eigenvalue weighted by atomic mass is 15.1. The molecule has 6 heteroatoms. The molecule has 0 fully saturated rings. The number of aryl methyl sites for hydroxylation is 6. The van der Waals surface area contributed by atoms with E-state index in [0.29, 0.717) is 0 Å². The maximum atomic E-state index is 4.49. The summed E-state index contributed by atoms with van der Waals surface area (Å²) in [6, 6.07) is 24.6. The van der Waals surface area contributed by atoms with E-state index in [1.807, 2.05) is 85.0 Å². The predicted molar refractivity (Wildman–Crippen MR) is 184 cm³/mol. The fourth-order valence-electron chi connectivity index (χ4n) is 4.37. The smallest absolute Gasteiger partial charge is 0.109 e. The van der Waals surface area contributed by atoms with E-state index in [2.05, 4.69) is 99.8 Å². The predicted octanol–water partition coefficient (Wildman–Crippen LogP) is 9.85. The van der Waals surface area contributed by atoms with Gasteiger partial charge in [-0.1, -0.05) is 91.3 Å². The molecule has 42 heavy (non-hydrogen) atoms. The zero-order chi connectivity index (χ0) is 31.7. The van der Waals surface area contributed by atoms with Gasteiger partial charge in [0.25, 0.3) is 0 Å². The summed E-state index contributed by atoms with van der Waals surface area (Å²) in [6.45, 7) is 21.6. The van der Waals surface area contributed by atoms with Crippen molar-refractivity contribution in [3.05, 3.63) is 90.3 Å². The van der Waals surface area contributed by atoms with Gasteiger partial charge in [-0.15, -0.1) is 0 Å². The number of imidazole rings is 3. The quantitative estimate of drug-likeness (QED) is 0.208. The van der Waals surface area contributed by atoms with Crippen LogP contribution in [0.4, 0.5) is 0 Å². The van der Waals surface area contributed by atoms with Crippen LogP contribution >= 0.6 is 0 Å². The molecule has 3 aromatic carbocycles. The third-order valence-corrected chi connectivity index (χ3v) is 6.37. The maximum Gasteiger partial charge on any atom is 0.109 e. The first kappa shape index (κ1) is 36.1. The zero-order valence-electron chi connectivity index (χ0n) is 28.2. The van der Waals surface area contributed by atoms with Gasteiger partial charge >= 0.3 is 0 Å². The summed E-state index contributed by atoms with van der Waals surface area (Å²) in [5.74, 6) is 3.31. The van der Waals surface area contributed by atoms with E-state index in [1.165, 1.54) is 23.0 Å². The van der Waals surface area contributed by atoms with Gasteiger partial charge < -0.3 is 13.7 Å². The second kappa shape index (κ2) is 19.2. The molecule has 0 aliphatic heterocycles. The third-order valence-electron chi connectivity index (χ3n) is 6.37. The Hall–Kier alpha value is -3.93. The van der Waals surface area contributed by atoms with Crippen LogP contribution in [0.1, 0.15) is 79.3 Å². The Bertz CT molecular complexity index is 1580. The second-order valence-electron chi connectivity index (χ2n) is 9.24. The van der Waals surface area contributed by atoms with E-state index < -0.39 is 0 Å². The van der Waals surface area contributed by atoms with E-state index in [0.717, 1.165) is 47.0 Å². The van der Waals surface area contributed by atoms with Crippen LogP contribution in [0, 0.1) is 13.8 Å². The lowest BCUT2D eigenvalue weighted by atomic mass is 10.3. The standard InChI is InChI=1S/2C10H12N2.C9H10N2.C3H8.2C2H6/c1-3-10-11-8-6-4-5-7-9(8)12(10)2;1-3-12-8(2)11-9-6-4-5-7-10(9)12;1-7-10-8-5-3-4-6-9(8)11(7)2;1-3-2;2*1-2/h2*4-7H,3H2,1-2H3;3-6H,1-2H3;3H2,1-2H3;2*1-2H3. The summed E-state index contributed by atoms with van der Waals surface area (Å²) >= 11 is 0. The van der Waals surface area contributed by atoms with Crippen LogP contribution in [0.2, 0.25) is 0 Å². The van der Waals surface area contributed by atoms with Crippen LogP contribution < -0.4 is 0 Å². The summed E-state index contributed by atoms with van der Waals surface area (Å²) < 4.78 is 6.46. The fourth-order valence-corrected chi connectivity index (χ4v) is 4.37. The van der Waals surface area contributed by atoms with Crippen molar-refractivity contribution in [2.24, 2.45) is 14.1 Å². The van der Waals surface area contributed by atoms with Crippen molar-refractivity contribution in [3.8, 4) is 0 Å². The lowest BCUT2D eigenvalue weighted by Gasteiger charge is -2.00. The molecule has 0 bridgehead atoms. The number of hydrogen-bond acceptors (Lipinski definition) is 3. The molecule has 0 atom stereocenters. The van der Waals surface area contributed by atoms with Crippen LogP contribution in [0.3, 0.4) is 0 Å². The Balaban J connectivity index is 0.000000285. The van der Waals surface area contributed by atoms with Crippen molar-refractivity contribution in [1.29, 1.82) is 0 Å². The minimum absolute atomic E-state index is 0.991. The molecule has 228 valence electrons. The molecule has 0 unspecified atom stereocenters. The molecule has 3 heterocycles. The first-order valence-corrected chi connectivity index (χ1v) is 15.6. The first-order valence-electron chi connectivity index (χ1n) is 15.6. The molecule has 0 aliphatic rings. The van der Waals surface area contributed by atoms with E-state index >= 15 is 0 Å². The van der Waals surface area contributed by atoms with Gasteiger partial charge in [0, 0.05) is 27.1 Å². The molecular formula is C36H54N6. The largest absolute Gasteiger partial charge is 0.331 e. The van der Waals surface area contributed by atoms with Crippen molar-refractivity contribution in [2.45, 2.75) is 88.6 Å². The number of fused-ring (bicyclic) bond motifs is 3. The molecule has 0 N–H and O–H groups in total. The molecular weight excluding hydrogens is 516 g/mol. The summed E-state index contributed by atoms with van der Waals surface area (Å²) in [7, 11) is 4.10. The van der Waals surface area contributed by atoms with Crippen LogP contribution in [0.25, 0.3) is 33.1 Å². The minimum Gasteiger partial charge on any atom is -0.331 e. The van der Waals surface area contributed by atoms with Crippen molar-refractivity contribution in [1.82, 2.24) is 28.7 Å². The monoisotopic (exact) mass is 570 g/mol. The number of aromatic nitrogens is 6. The maximum absolute atomic E-state index is 4.49. The van der Waals surface area contributed by atoms with Gasteiger partial charge in [-0.05, 0) is 57.2 Å². The normalized spacial score (nSPS) is 9.71. The Morgan fingerprint density at radius 3 is 1.33 bits per heavy atom. The van der Waals surface area contributed by atoms with E-state index in [-0.39, 0.29) is 0 Å². The van der Waals surface area contributed by atoms with Crippen LogP contribution in [-0.4, -0.2) is 28.7 Å². The molecule has 6 rings (SSSR count). The van der Waals surface area contributed by atoms with E-state index in [1.54, 1.807) is 0 Å². The van der Waals surface area contributed by atoms with Gasteiger partial charge in [0.1, 0.15) is 17.5 Å². The summed E-state index contributed by atoms with van der Waals surface area (Å²) in [5, 5.41) is 0. The average Bonchev–Trinajstić information content (AvgIpc) is 3.65. The molecule has 0 radical (unpaired) electrons.